The molecule has 2 atom stereocenters. The van der Waals surface area contributed by atoms with E-state index < -0.39 is 11.1 Å². The lowest BCUT2D eigenvalue weighted by atomic mass is 9.88. The van der Waals surface area contributed by atoms with Crippen LogP contribution in [0.2, 0.25) is 0 Å². The predicted octanol–water partition coefficient (Wildman–Crippen LogP) is 4.20. The van der Waals surface area contributed by atoms with Gasteiger partial charge in [-0.15, -0.1) is 0 Å². The predicted molar refractivity (Wildman–Crippen MR) is 88.9 cm³/mol. The molecular formula is C18H28N4. The van der Waals surface area contributed by atoms with Gasteiger partial charge in [-0.2, -0.15) is 10.5 Å². The van der Waals surface area contributed by atoms with Crippen LogP contribution < -0.4 is 0 Å². The van der Waals surface area contributed by atoms with Gasteiger partial charge < -0.3 is 0 Å². The Morgan fingerprint density at radius 3 is 1.36 bits per heavy atom. The monoisotopic (exact) mass is 300 g/mol. The summed E-state index contributed by atoms with van der Waals surface area (Å²) in [5.74, 6) is 0.786. The first-order valence-electron chi connectivity index (χ1n) is 7.94. The van der Waals surface area contributed by atoms with E-state index in [0.29, 0.717) is 11.8 Å². The van der Waals surface area contributed by atoms with Crippen LogP contribution in [0.3, 0.4) is 0 Å². The average Bonchev–Trinajstić information content (AvgIpc) is 2.45. The van der Waals surface area contributed by atoms with Gasteiger partial charge in [0.15, 0.2) is 0 Å². The summed E-state index contributed by atoms with van der Waals surface area (Å²) < 4.78 is 0. The molecule has 0 N–H and O–H groups in total. The lowest BCUT2D eigenvalue weighted by Crippen LogP contribution is -2.59. The molecule has 0 aromatic rings. The van der Waals surface area contributed by atoms with Crippen LogP contribution in [-0.2, 0) is 0 Å². The van der Waals surface area contributed by atoms with Gasteiger partial charge in [0.05, 0.1) is 12.1 Å². The molecule has 0 spiro atoms. The Morgan fingerprint density at radius 2 is 1.14 bits per heavy atom. The molecule has 2 unspecified atom stereocenters. The van der Waals surface area contributed by atoms with Crippen molar-refractivity contribution in [2.24, 2.45) is 11.8 Å². The maximum atomic E-state index is 9.77. The van der Waals surface area contributed by atoms with Crippen LogP contribution in [0.15, 0.2) is 24.6 Å². The zero-order valence-corrected chi connectivity index (χ0v) is 14.7. The van der Waals surface area contributed by atoms with Gasteiger partial charge in [0.25, 0.3) is 0 Å². The first-order valence-corrected chi connectivity index (χ1v) is 7.94. The van der Waals surface area contributed by atoms with E-state index in [2.05, 4.69) is 39.8 Å². The van der Waals surface area contributed by atoms with E-state index in [9.17, 15) is 10.5 Å². The maximum absolute atomic E-state index is 9.77. The third kappa shape index (κ3) is 3.83. The number of nitriles is 2. The fraction of sp³-hybridized carbons (Fsp3) is 0.667. The van der Waals surface area contributed by atoms with Crippen LogP contribution in [0, 0.1) is 34.5 Å². The minimum Gasteiger partial charge on any atom is -0.272 e. The topological polar surface area (TPSA) is 54.1 Å². The number of hydrogen-bond acceptors (Lipinski definition) is 4. The Bertz CT molecular complexity index is 472. The lowest BCUT2D eigenvalue weighted by molar-refractivity contribution is -0.0649. The summed E-state index contributed by atoms with van der Waals surface area (Å²) in [6.07, 6.45) is 9.12. The quantitative estimate of drug-likeness (QED) is 0.737. The molecule has 0 bridgehead atoms. The van der Waals surface area contributed by atoms with Crippen LogP contribution in [0.4, 0.5) is 0 Å². The molecule has 0 fully saturated rings. The van der Waals surface area contributed by atoms with E-state index in [1.54, 1.807) is 0 Å². The summed E-state index contributed by atoms with van der Waals surface area (Å²) in [5, 5.41) is 23.4. The second-order valence-corrected chi connectivity index (χ2v) is 7.34. The van der Waals surface area contributed by atoms with E-state index in [1.165, 1.54) is 0 Å². The van der Waals surface area contributed by atoms with Crippen molar-refractivity contribution in [1.29, 1.82) is 10.5 Å². The molecule has 0 saturated heterocycles. The second kappa shape index (κ2) is 6.88. The van der Waals surface area contributed by atoms with E-state index in [-0.39, 0.29) is 0 Å². The Labute approximate surface area is 135 Å². The Morgan fingerprint density at radius 1 is 0.818 bits per heavy atom. The van der Waals surface area contributed by atoms with Crippen molar-refractivity contribution in [2.75, 3.05) is 0 Å². The van der Waals surface area contributed by atoms with Gasteiger partial charge in [0.1, 0.15) is 11.1 Å². The Kier molecular flexibility index (Phi) is 5.66. The third-order valence-electron chi connectivity index (χ3n) is 3.90. The van der Waals surface area contributed by atoms with Gasteiger partial charge in [-0.25, -0.2) is 0 Å². The molecule has 22 heavy (non-hydrogen) atoms. The van der Waals surface area contributed by atoms with Gasteiger partial charge in [-0.05, 0) is 50.7 Å². The first kappa shape index (κ1) is 18.1. The summed E-state index contributed by atoms with van der Waals surface area (Å²) in [5.41, 5.74) is -1.35. The molecule has 0 saturated carbocycles. The summed E-state index contributed by atoms with van der Waals surface area (Å²) in [6.45, 7) is 12.3. The molecule has 1 aliphatic heterocycles. The third-order valence-corrected chi connectivity index (χ3v) is 3.90. The van der Waals surface area contributed by atoms with Gasteiger partial charge in [-0.3, -0.25) is 10.0 Å². The normalized spacial score (nSPS) is 19.7. The molecule has 4 heteroatoms. The number of rotatable bonds is 6. The molecule has 0 radical (unpaired) electrons. The fourth-order valence-corrected chi connectivity index (χ4v) is 3.18. The smallest absolute Gasteiger partial charge is 0.144 e. The molecule has 0 aliphatic carbocycles. The van der Waals surface area contributed by atoms with Gasteiger partial charge >= 0.3 is 0 Å². The Balaban J connectivity index is 3.22. The van der Waals surface area contributed by atoms with Crippen LogP contribution in [-0.4, -0.2) is 21.1 Å². The molecule has 1 rings (SSSR count). The number of hydrazine groups is 1. The van der Waals surface area contributed by atoms with Crippen LogP contribution in [0.1, 0.15) is 54.4 Å². The van der Waals surface area contributed by atoms with E-state index in [0.717, 1.165) is 12.8 Å². The van der Waals surface area contributed by atoms with Crippen molar-refractivity contribution < 1.29 is 0 Å². The fourth-order valence-electron chi connectivity index (χ4n) is 3.18. The van der Waals surface area contributed by atoms with Crippen LogP contribution >= 0.6 is 0 Å². The molecule has 0 aromatic heterocycles. The Hall–Kier alpha value is -1.94. The molecule has 0 aromatic carbocycles. The maximum Gasteiger partial charge on any atom is 0.144 e. The van der Waals surface area contributed by atoms with E-state index in [4.69, 9.17) is 0 Å². The van der Waals surface area contributed by atoms with Crippen molar-refractivity contribution in [3.63, 3.8) is 0 Å². The summed E-state index contributed by atoms with van der Waals surface area (Å²) in [6, 6.07) is 4.90. The van der Waals surface area contributed by atoms with Crippen molar-refractivity contribution in [3.8, 4) is 12.1 Å². The zero-order valence-electron chi connectivity index (χ0n) is 14.7. The average molecular weight is 300 g/mol. The van der Waals surface area contributed by atoms with Crippen LogP contribution in [0.5, 0.6) is 0 Å². The van der Waals surface area contributed by atoms with E-state index >= 15 is 0 Å². The SMILES string of the molecule is CC(C)CC(C)(C#N)N1C=CC=CN1C(C)(C#N)CC(C)C. The van der Waals surface area contributed by atoms with E-state index in [1.807, 2.05) is 48.4 Å². The highest BCUT2D eigenvalue weighted by atomic mass is 15.7. The highest BCUT2D eigenvalue weighted by molar-refractivity contribution is 5.20. The zero-order chi connectivity index (χ0) is 17.0. The second-order valence-electron chi connectivity index (χ2n) is 7.34. The number of nitrogens with zero attached hydrogens (tertiary/aromatic N) is 4. The van der Waals surface area contributed by atoms with Gasteiger partial charge in [0.2, 0.25) is 0 Å². The van der Waals surface area contributed by atoms with Crippen molar-refractivity contribution in [3.05, 3.63) is 24.6 Å². The standard InChI is InChI=1S/C18H28N4/c1-15(2)11-17(5,13-19)21-9-7-8-10-22(21)18(6,14-20)12-16(3)4/h7-10,15-16H,11-12H2,1-6H3. The van der Waals surface area contributed by atoms with Crippen molar-refractivity contribution in [2.45, 2.75) is 65.5 Å². The minimum atomic E-state index is -0.676. The van der Waals surface area contributed by atoms with Gasteiger partial charge in [-0.1, -0.05) is 27.7 Å². The molecule has 1 heterocycles. The minimum absolute atomic E-state index is 0.393. The molecule has 1 aliphatic rings. The highest BCUT2D eigenvalue weighted by Crippen LogP contribution is 2.34. The number of allylic oxidation sites excluding steroid dienone is 2. The highest BCUT2D eigenvalue weighted by Gasteiger charge is 2.42. The first-order chi connectivity index (χ1) is 10.2. The van der Waals surface area contributed by atoms with Crippen molar-refractivity contribution >= 4 is 0 Å². The number of hydrogen-bond donors (Lipinski definition) is 0. The molecular weight excluding hydrogens is 272 g/mol. The molecule has 0 amide bonds. The van der Waals surface area contributed by atoms with Crippen molar-refractivity contribution in [1.82, 2.24) is 10.0 Å². The largest absolute Gasteiger partial charge is 0.272 e. The summed E-state index contributed by atoms with van der Waals surface area (Å²) in [7, 11) is 0. The van der Waals surface area contributed by atoms with Crippen LogP contribution in [0.25, 0.3) is 0 Å². The summed E-state index contributed by atoms with van der Waals surface area (Å²) in [4.78, 5) is 0. The molecule has 4 nitrogen and oxygen atoms in total. The molecule has 120 valence electrons. The lowest BCUT2D eigenvalue weighted by Gasteiger charge is -2.50. The van der Waals surface area contributed by atoms with Gasteiger partial charge in [0, 0.05) is 12.4 Å². The summed E-state index contributed by atoms with van der Waals surface area (Å²) >= 11 is 0.